The van der Waals surface area contributed by atoms with Crippen LogP contribution in [0.25, 0.3) is 0 Å². The lowest BCUT2D eigenvalue weighted by atomic mass is 10.1. The summed E-state index contributed by atoms with van der Waals surface area (Å²) in [6, 6.07) is 3.57. The number of nitrogens with one attached hydrogen (secondary N) is 2. The number of nitrogens with zero attached hydrogens (tertiary/aromatic N) is 1. The van der Waals surface area contributed by atoms with Crippen LogP contribution in [0.5, 0.6) is 0 Å². The van der Waals surface area contributed by atoms with Crippen LogP contribution in [-0.4, -0.2) is 20.1 Å². The Labute approximate surface area is 98.4 Å². The van der Waals surface area contributed by atoms with E-state index < -0.39 is 6.10 Å². The first-order valence-electron chi connectivity index (χ1n) is 5.11. The van der Waals surface area contributed by atoms with Crippen molar-refractivity contribution >= 4 is 12.2 Å². The first kappa shape index (κ1) is 11.0. The van der Waals surface area contributed by atoms with Crippen LogP contribution in [0.3, 0.4) is 0 Å². The molecule has 84 valence electrons. The van der Waals surface area contributed by atoms with Crippen molar-refractivity contribution in [1.82, 2.24) is 15.0 Å². The van der Waals surface area contributed by atoms with E-state index in [9.17, 15) is 5.11 Å². The van der Waals surface area contributed by atoms with Gasteiger partial charge in [0.1, 0.15) is 6.10 Å². The Bertz CT molecular complexity index is 518. The van der Waals surface area contributed by atoms with E-state index in [1.807, 2.05) is 6.92 Å². The van der Waals surface area contributed by atoms with Gasteiger partial charge in [0, 0.05) is 18.1 Å². The summed E-state index contributed by atoms with van der Waals surface area (Å²) in [5.41, 5.74) is 2.47. The Morgan fingerprint density at radius 2 is 2.06 bits per heavy atom. The number of aromatic nitrogens is 3. The fourth-order valence-corrected chi connectivity index (χ4v) is 1.89. The number of aliphatic hydroxyl groups is 1. The zero-order valence-electron chi connectivity index (χ0n) is 8.90. The molecule has 0 fully saturated rings. The van der Waals surface area contributed by atoms with E-state index in [4.69, 9.17) is 12.2 Å². The largest absolute Gasteiger partial charge is 0.382 e. The summed E-state index contributed by atoms with van der Waals surface area (Å²) >= 11 is 5.02. The molecule has 16 heavy (non-hydrogen) atoms. The van der Waals surface area contributed by atoms with Gasteiger partial charge in [-0.25, -0.2) is 0 Å². The van der Waals surface area contributed by atoms with Crippen LogP contribution >= 0.6 is 12.2 Å². The van der Waals surface area contributed by atoms with E-state index in [0.29, 0.717) is 4.77 Å². The molecule has 1 atom stereocenters. The van der Waals surface area contributed by atoms with E-state index in [1.54, 1.807) is 24.5 Å². The Morgan fingerprint density at radius 1 is 1.38 bits per heavy atom. The van der Waals surface area contributed by atoms with Gasteiger partial charge in [-0.3, -0.25) is 4.98 Å². The molecular weight excluding hydrogens is 222 g/mol. The maximum absolute atomic E-state index is 10.2. The average Bonchev–Trinajstić information content (AvgIpc) is 2.70. The molecule has 0 saturated heterocycles. The highest BCUT2D eigenvalue weighted by atomic mass is 32.1. The highest BCUT2D eigenvalue weighted by molar-refractivity contribution is 7.71. The second kappa shape index (κ2) is 4.59. The molecule has 0 aliphatic carbocycles. The van der Waals surface area contributed by atoms with Gasteiger partial charge >= 0.3 is 0 Å². The van der Waals surface area contributed by atoms with Crippen LogP contribution in [-0.2, 0) is 6.42 Å². The minimum atomic E-state index is -0.689. The van der Waals surface area contributed by atoms with Gasteiger partial charge in [0.25, 0.3) is 0 Å². The van der Waals surface area contributed by atoms with E-state index in [0.717, 1.165) is 23.4 Å². The van der Waals surface area contributed by atoms with Crippen LogP contribution in [0.1, 0.15) is 30.0 Å². The minimum absolute atomic E-state index is 0.542. The lowest BCUT2D eigenvalue weighted by Gasteiger charge is -2.10. The number of pyridine rings is 1. The van der Waals surface area contributed by atoms with Crippen molar-refractivity contribution in [2.24, 2.45) is 0 Å². The average molecular weight is 235 g/mol. The fraction of sp³-hybridized carbons (Fsp3) is 0.273. The Kier molecular flexibility index (Phi) is 3.17. The zero-order chi connectivity index (χ0) is 11.5. The number of hydrogen-bond acceptors (Lipinski definition) is 3. The van der Waals surface area contributed by atoms with Crippen molar-refractivity contribution in [3.8, 4) is 0 Å². The summed E-state index contributed by atoms with van der Waals surface area (Å²) < 4.78 is 0.542. The molecule has 0 saturated carbocycles. The normalized spacial score (nSPS) is 12.6. The molecule has 0 spiro atoms. The van der Waals surface area contributed by atoms with Gasteiger partial charge in [0.2, 0.25) is 0 Å². The number of aliphatic hydroxyl groups excluding tert-OH is 1. The van der Waals surface area contributed by atoms with Crippen LogP contribution in [0.2, 0.25) is 0 Å². The van der Waals surface area contributed by atoms with Crippen LogP contribution in [0, 0.1) is 4.77 Å². The van der Waals surface area contributed by atoms with E-state index in [-0.39, 0.29) is 0 Å². The number of H-pyrrole nitrogens is 2. The first-order valence-corrected chi connectivity index (χ1v) is 5.52. The number of aryl methyl sites for hydroxylation is 1. The van der Waals surface area contributed by atoms with Crippen molar-refractivity contribution in [3.63, 3.8) is 0 Å². The highest BCUT2D eigenvalue weighted by Crippen LogP contribution is 2.22. The number of aromatic amines is 2. The molecule has 5 heteroatoms. The lowest BCUT2D eigenvalue weighted by Crippen LogP contribution is -2.03. The molecule has 4 nitrogen and oxygen atoms in total. The summed E-state index contributed by atoms with van der Waals surface area (Å²) in [5.74, 6) is 0. The van der Waals surface area contributed by atoms with Gasteiger partial charge in [-0.05, 0) is 36.3 Å². The van der Waals surface area contributed by atoms with Gasteiger partial charge < -0.3 is 15.1 Å². The SMILES string of the molecule is CCc1[nH]c(=S)[nH]c1C(O)c1ccncc1. The highest BCUT2D eigenvalue weighted by Gasteiger charge is 2.15. The molecule has 0 aliphatic heterocycles. The molecule has 3 N–H and O–H groups in total. The Hall–Kier alpha value is -1.46. The van der Waals surface area contributed by atoms with Gasteiger partial charge in [-0.2, -0.15) is 0 Å². The first-order chi connectivity index (χ1) is 7.72. The predicted octanol–water partition coefficient (Wildman–Crippen LogP) is 2.11. The Morgan fingerprint density at radius 3 is 2.69 bits per heavy atom. The molecule has 1 unspecified atom stereocenters. The molecule has 2 aromatic rings. The maximum Gasteiger partial charge on any atom is 0.174 e. The monoisotopic (exact) mass is 235 g/mol. The lowest BCUT2D eigenvalue weighted by molar-refractivity contribution is 0.214. The number of imidazole rings is 1. The van der Waals surface area contributed by atoms with E-state index >= 15 is 0 Å². The summed E-state index contributed by atoms with van der Waals surface area (Å²) in [5, 5.41) is 10.2. The van der Waals surface area contributed by atoms with Gasteiger partial charge in [-0.15, -0.1) is 0 Å². The third kappa shape index (κ3) is 2.05. The quantitative estimate of drug-likeness (QED) is 0.714. The van der Waals surface area contributed by atoms with Gasteiger partial charge in [0.15, 0.2) is 4.77 Å². The molecule has 2 aromatic heterocycles. The second-order valence-electron chi connectivity index (χ2n) is 3.51. The van der Waals surface area contributed by atoms with Crippen molar-refractivity contribution in [3.05, 3.63) is 46.2 Å². The third-order valence-electron chi connectivity index (χ3n) is 2.49. The van der Waals surface area contributed by atoms with Gasteiger partial charge in [-0.1, -0.05) is 6.92 Å². The van der Waals surface area contributed by atoms with E-state index in [2.05, 4.69) is 15.0 Å². The molecule has 2 heterocycles. The van der Waals surface area contributed by atoms with Crippen molar-refractivity contribution in [1.29, 1.82) is 0 Å². The van der Waals surface area contributed by atoms with Crippen molar-refractivity contribution < 1.29 is 5.11 Å². The molecular formula is C11H13N3OS. The van der Waals surface area contributed by atoms with Crippen LogP contribution in [0.4, 0.5) is 0 Å². The summed E-state index contributed by atoms with van der Waals surface area (Å²) in [6.07, 6.45) is 3.42. The van der Waals surface area contributed by atoms with Crippen LogP contribution in [0.15, 0.2) is 24.5 Å². The number of hydrogen-bond donors (Lipinski definition) is 3. The predicted molar refractivity (Wildman–Crippen MR) is 63.7 cm³/mol. The summed E-state index contributed by atoms with van der Waals surface area (Å²) in [7, 11) is 0. The van der Waals surface area contributed by atoms with Crippen LogP contribution < -0.4 is 0 Å². The standard InChI is InChI=1S/C11H13N3OS/c1-2-8-9(14-11(16)13-8)10(15)7-3-5-12-6-4-7/h3-6,10,15H,2H2,1H3,(H2,13,14,16). The molecule has 2 rings (SSSR count). The Balaban J connectivity index is 2.41. The molecule has 0 bridgehead atoms. The second-order valence-corrected chi connectivity index (χ2v) is 3.92. The summed E-state index contributed by atoms with van der Waals surface area (Å²) in [4.78, 5) is 9.93. The molecule has 0 amide bonds. The molecule has 0 aliphatic rings. The minimum Gasteiger partial charge on any atom is -0.382 e. The fourth-order valence-electron chi connectivity index (χ4n) is 1.66. The number of rotatable bonds is 3. The smallest absolute Gasteiger partial charge is 0.174 e. The van der Waals surface area contributed by atoms with Crippen molar-refractivity contribution in [2.45, 2.75) is 19.4 Å². The van der Waals surface area contributed by atoms with Crippen molar-refractivity contribution in [2.75, 3.05) is 0 Å². The topological polar surface area (TPSA) is 64.7 Å². The third-order valence-corrected chi connectivity index (χ3v) is 2.69. The molecule has 0 radical (unpaired) electrons. The van der Waals surface area contributed by atoms with Gasteiger partial charge in [0.05, 0.1) is 5.69 Å². The summed E-state index contributed by atoms with van der Waals surface area (Å²) in [6.45, 7) is 2.01. The zero-order valence-corrected chi connectivity index (χ0v) is 9.71. The molecule has 0 aromatic carbocycles. The maximum atomic E-state index is 10.2. The van der Waals surface area contributed by atoms with E-state index in [1.165, 1.54) is 0 Å².